The first-order valence-electron chi connectivity index (χ1n) is 12.7. The van der Waals surface area contributed by atoms with Gasteiger partial charge in [-0.1, -0.05) is 64.2 Å². The van der Waals surface area contributed by atoms with Gasteiger partial charge in [0.15, 0.2) is 0 Å². The van der Waals surface area contributed by atoms with Crippen molar-refractivity contribution in [2.45, 2.75) is 133 Å². The molecule has 210 valence electrons. The van der Waals surface area contributed by atoms with Crippen molar-refractivity contribution in [1.82, 2.24) is 0 Å². The predicted octanol–water partition coefficient (Wildman–Crippen LogP) is 9.11. The molecule has 2 nitrogen and oxygen atoms in total. The monoisotopic (exact) mass is 530 g/mol. The number of ether oxygens (including phenoxy) is 2. The van der Waals surface area contributed by atoms with Gasteiger partial charge in [-0.15, -0.1) is 0 Å². The van der Waals surface area contributed by atoms with E-state index in [0.29, 0.717) is 18.9 Å². The van der Waals surface area contributed by atoms with E-state index < -0.39 is 36.8 Å². The first-order chi connectivity index (χ1) is 16.3. The van der Waals surface area contributed by atoms with E-state index in [2.05, 4.69) is 0 Å². The molecule has 1 heterocycles. The van der Waals surface area contributed by atoms with Crippen molar-refractivity contribution in [2.24, 2.45) is 0 Å². The normalized spacial score (nSPS) is 17.9. The highest BCUT2D eigenvalue weighted by Crippen LogP contribution is 2.54. The summed E-state index contributed by atoms with van der Waals surface area (Å²) >= 11 is 0. The molecule has 0 N–H and O–H groups in total. The number of unbranched alkanes of at least 4 members (excludes halogenated alkanes) is 11. The lowest BCUT2D eigenvalue weighted by molar-refractivity contribution is -0.396. The van der Waals surface area contributed by atoms with Crippen molar-refractivity contribution < 1.29 is 49.0 Å². The van der Waals surface area contributed by atoms with Gasteiger partial charge in [0, 0.05) is 26.2 Å². The van der Waals surface area contributed by atoms with Gasteiger partial charge in [0.1, 0.15) is 0 Å². The highest BCUT2D eigenvalue weighted by molar-refractivity contribution is 5.00. The molecule has 0 aromatic heterocycles. The smallest absolute Gasteiger partial charge is 0.381 e. The Morgan fingerprint density at radius 2 is 1.09 bits per heavy atom. The van der Waals surface area contributed by atoms with Crippen LogP contribution in [0.5, 0.6) is 0 Å². The summed E-state index contributed by atoms with van der Waals surface area (Å²) in [6, 6.07) is 0. The average molecular weight is 531 g/mol. The molecule has 0 bridgehead atoms. The van der Waals surface area contributed by atoms with Crippen LogP contribution in [0.3, 0.4) is 0 Å². The van der Waals surface area contributed by atoms with Crippen molar-refractivity contribution in [3.63, 3.8) is 0 Å². The first-order valence-corrected chi connectivity index (χ1v) is 12.7. The molecule has 0 spiro atoms. The van der Waals surface area contributed by atoms with Crippen LogP contribution in [-0.2, 0) is 9.47 Å². The Morgan fingerprint density at radius 1 is 0.600 bits per heavy atom. The summed E-state index contributed by atoms with van der Waals surface area (Å²) in [5.41, 5.74) is 0. The number of rotatable bonds is 20. The van der Waals surface area contributed by atoms with Gasteiger partial charge in [-0.2, -0.15) is 39.5 Å². The van der Waals surface area contributed by atoms with Crippen molar-refractivity contribution in [3.8, 4) is 0 Å². The van der Waals surface area contributed by atoms with E-state index in [4.69, 9.17) is 9.47 Å². The lowest BCUT2D eigenvalue weighted by atomic mass is 9.97. The molecule has 0 radical (unpaired) electrons. The van der Waals surface area contributed by atoms with Crippen molar-refractivity contribution in [1.29, 1.82) is 0 Å². The second-order valence-electron chi connectivity index (χ2n) is 9.38. The van der Waals surface area contributed by atoms with E-state index in [1.54, 1.807) is 0 Å². The third-order valence-electron chi connectivity index (χ3n) is 6.35. The molecule has 0 amide bonds. The van der Waals surface area contributed by atoms with Crippen LogP contribution >= 0.6 is 0 Å². The maximum absolute atomic E-state index is 13.4. The van der Waals surface area contributed by atoms with Crippen LogP contribution in [0.2, 0.25) is 0 Å². The Morgan fingerprint density at radius 3 is 1.54 bits per heavy atom. The van der Waals surface area contributed by atoms with E-state index in [-0.39, 0.29) is 6.42 Å². The fraction of sp³-hybridized carbons (Fsp3) is 1.00. The molecule has 1 unspecified atom stereocenters. The summed E-state index contributed by atoms with van der Waals surface area (Å²) < 4.78 is 126. The topological polar surface area (TPSA) is 18.5 Å². The fourth-order valence-corrected chi connectivity index (χ4v) is 4.07. The van der Waals surface area contributed by atoms with Crippen LogP contribution < -0.4 is 0 Å². The number of alkyl halides is 9. The lowest BCUT2D eigenvalue weighted by Crippen LogP contribution is -2.60. The number of halogens is 9. The molecular formula is C24H39F9O2. The Hall–Kier alpha value is -0.710. The molecule has 0 aromatic carbocycles. The van der Waals surface area contributed by atoms with Gasteiger partial charge in [0.2, 0.25) is 0 Å². The highest BCUT2D eigenvalue weighted by Gasteiger charge is 2.81. The third-order valence-corrected chi connectivity index (χ3v) is 6.35. The molecule has 1 fully saturated rings. The Balaban J connectivity index is 1.93. The van der Waals surface area contributed by atoms with Crippen LogP contribution in [-0.4, -0.2) is 49.9 Å². The minimum absolute atomic E-state index is 0.0685. The largest absolute Gasteiger partial charge is 0.460 e. The summed E-state index contributed by atoms with van der Waals surface area (Å²) in [5.74, 6) is -18.7. The molecule has 0 saturated carbocycles. The molecule has 1 saturated heterocycles. The van der Waals surface area contributed by atoms with Gasteiger partial charge in [-0.25, -0.2) is 0 Å². The van der Waals surface area contributed by atoms with Crippen LogP contribution in [0.15, 0.2) is 0 Å². The standard InChI is InChI=1S/C24H39F9O2/c25-21(26,22(27,28)23(29,30)24(31,32)33)16-11-9-7-5-3-1-2-4-6-8-10-12-17-34-19-15-20-14-13-18-35-20/h20H,1-19H2. The Labute approximate surface area is 202 Å². The minimum atomic E-state index is -6.79. The lowest BCUT2D eigenvalue weighted by Gasteiger charge is -2.33. The second kappa shape index (κ2) is 15.5. The Kier molecular flexibility index (Phi) is 14.3. The predicted molar refractivity (Wildman–Crippen MR) is 115 cm³/mol. The molecule has 11 heteroatoms. The van der Waals surface area contributed by atoms with Gasteiger partial charge in [0.25, 0.3) is 0 Å². The van der Waals surface area contributed by atoms with Crippen LogP contribution in [0.25, 0.3) is 0 Å². The molecule has 1 atom stereocenters. The second-order valence-corrected chi connectivity index (χ2v) is 9.38. The summed E-state index contributed by atoms with van der Waals surface area (Å²) in [6.45, 7) is 2.37. The van der Waals surface area contributed by atoms with E-state index in [0.717, 1.165) is 90.4 Å². The molecular weight excluding hydrogens is 491 g/mol. The maximum atomic E-state index is 13.4. The van der Waals surface area contributed by atoms with Gasteiger partial charge in [-0.3, -0.25) is 0 Å². The van der Waals surface area contributed by atoms with E-state index in [9.17, 15) is 39.5 Å². The van der Waals surface area contributed by atoms with E-state index in [1.807, 2.05) is 0 Å². The highest BCUT2D eigenvalue weighted by atomic mass is 19.4. The van der Waals surface area contributed by atoms with E-state index >= 15 is 0 Å². The number of hydrogen-bond donors (Lipinski definition) is 0. The summed E-state index contributed by atoms with van der Waals surface area (Å²) in [7, 11) is 0. The summed E-state index contributed by atoms with van der Waals surface area (Å²) in [5, 5.41) is 0. The molecule has 1 rings (SSSR count). The molecule has 1 aliphatic heterocycles. The summed E-state index contributed by atoms with van der Waals surface area (Å²) in [4.78, 5) is 0. The molecule has 0 aromatic rings. The van der Waals surface area contributed by atoms with Crippen molar-refractivity contribution in [2.75, 3.05) is 19.8 Å². The summed E-state index contributed by atoms with van der Waals surface area (Å²) in [6.07, 6.45) is 4.00. The maximum Gasteiger partial charge on any atom is 0.460 e. The van der Waals surface area contributed by atoms with Gasteiger partial charge in [0.05, 0.1) is 6.10 Å². The van der Waals surface area contributed by atoms with Gasteiger partial charge >= 0.3 is 23.9 Å². The zero-order chi connectivity index (χ0) is 26.4. The zero-order valence-corrected chi connectivity index (χ0v) is 20.2. The number of hydrogen-bond acceptors (Lipinski definition) is 2. The Bertz CT molecular complexity index is 548. The van der Waals surface area contributed by atoms with E-state index in [1.165, 1.54) is 0 Å². The average Bonchev–Trinajstić information content (AvgIpc) is 3.28. The quantitative estimate of drug-likeness (QED) is 0.115. The molecule has 35 heavy (non-hydrogen) atoms. The molecule has 1 aliphatic rings. The van der Waals surface area contributed by atoms with Crippen LogP contribution in [0.4, 0.5) is 39.5 Å². The van der Waals surface area contributed by atoms with Gasteiger partial charge in [-0.05, 0) is 32.1 Å². The van der Waals surface area contributed by atoms with Crippen LogP contribution in [0.1, 0.15) is 103 Å². The van der Waals surface area contributed by atoms with Gasteiger partial charge < -0.3 is 9.47 Å². The third kappa shape index (κ3) is 11.1. The molecule has 0 aliphatic carbocycles. The SMILES string of the molecule is FC(F)(F)C(F)(F)C(F)(F)C(F)(F)CCCCCCCCCCCCCCOCCC1CCCO1. The fourth-order valence-electron chi connectivity index (χ4n) is 4.07. The minimum Gasteiger partial charge on any atom is -0.381 e. The van der Waals surface area contributed by atoms with Crippen molar-refractivity contribution >= 4 is 0 Å². The van der Waals surface area contributed by atoms with Crippen LogP contribution in [0, 0.1) is 0 Å². The zero-order valence-electron chi connectivity index (χ0n) is 20.2. The first kappa shape index (κ1) is 32.3. The van der Waals surface area contributed by atoms with Crippen molar-refractivity contribution in [3.05, 3.63) is 0 Å².